The molecule has 2 aromatic rings. The highest BCUT2D eigenvalue weighted by molar-refractivity contribution is 7.10. The zero-order valence-corrected chi connectivity index (χ0v) is 17.7. The number of carbonyl (C=O) groups excluding carboxylic acids is 4. The van der Waals surface area contributed by atoms with Gasteiger partial charge in [0.15, 0.2) is 5.76 Å². The maximum Gasteiger partial charge on any atom is 0.325 e. The van der Waals surface area contributed by atoms with Crippen molar-refractivity contribution >= 4 is 35.1 Å². The number of furan rings is 1. The lowest BCUT2D eigenvalue weighted by molar-refractivity contribution is -0.140. The Balaban J connectivity index is 1.23. The fourth-order valence-electron chi connectivity index (χ4n) is 4.64. The van der Waals surface area contributed by atoms with Crippen LogP contribution in [0.5, 0.6) is 0 Å². The van der Waals surface area contributed by atoms with Crippen LogP contribution in [0.2, 0.25) is 0 Å². The van der Waals surface area contributed by atoms with Gasteiger partial charge >= 0.3 is 6.03 Å². The second kappa shape index (κ2) is 7.52. The number of hydrogen-bond acceptors (Lipinski definition) is 6. The highest BCUT2D eigenvalue weighted by atomic mass is 32.1. The van der Waals surface area contributed by atoms with E-state index in [1.807, 2.05) is 11.4 Å². The SMILES string of the molecule is O=C(CN1C(=O)NC2(CCCc3sccc32)C1=O)N1CCN(C(=O)c2ccco2)CC1. The Morgan fingerprint density at radius 3 is 2.65 bits per heavy atom. The summed E-state index contributed by atoms with van der Waals surface area (Å²) in [6, 6.07) is 4.64. The average Bonchev–Trinajstić information content (AvgIpc) is 3.52. The van der Waals surface area contributed by atoms with Crippen LogP contribution in [-0.4, -0.2) is 71.2 Å². The van der Waals surface area contributed by atoms with E-state index in [9.17, 15) is 19.2 Å². The molecular formula is C21H22N4O5S. The van der Waals surface area contributed by atoms with Gasteiger partial charge in [-0.3, -0.25) is 19.3 Å². The van der Waals surface area contributed by atoms with Gasteiger partial charge in [-0.2, -0.15) is 0 Å². The maximum absolute atomic E-state index is 13.3. The molecule has 5 rings (SSSR count). The van der Waals surface area contributed by atoms with E-state index in [0.717, 1.165) is 28.2 Å². The van der Waals surface area contributed by atoms with Gasteiger partial charge in [0, 0.05) is 36.6 Å². The van der Waals surface area contributed by atoms with Crippen molar-refractivity contribution in [3.63, 3.8) is 0 Å². The summed E-state index contributed by atoms with van der Waals surface area (Å²) in [5, 5.41) is 4.81. The Labute approximate surface area is 182 Å². The molecule has 3 aliphatic rings. The van der Waals surface area contributed by atoms with Crippen molar-refractivity contribution in [2.45, 2.75) is 24.8 Å². The zero-order chi connectivity index (χ0) is 21.6. The minimum atomic E-state index is -1.04. The van der Waals surface area contributed by atoms with Crippen molar-refractivity contribution in [2.24, 2.45) is 0 Å². The standard InChI is InChI=1S/C21H22N4O5S/c26-17(23-7-9-24(10-8-23)18(27)15-3-2-11-30-15)13-25-19(28)21(22-20(25)29)6-1-4-16-14(21)5-12-31-16/h2-3,5,11-12H,1,4,6-10,13H2,(H,22,29). The third-order valence-electron chi connectivity index (χ3n) is 6.28. The smallest absolute Gasteiger partial charge is 0.325 e. The molecule has 5 amide bonds. The van der Waals surface area contributed by atoms with Crippen molar-refractivity contribution in [2.75, 3.05) is 32.7 Å². The van der Waals surface area contributed by atoms with Crippen molar-refractivity contribution in [1.82, 2.24) is 20.0 Å². The van der Waals surface area contributed by atoms with Crippen molar-refractivity contribution in [3.8, 4) is 0 Å². The molecule has 9 nitrogen and oxygen atoms in total. The molecule has 0 saturated carbocycles. The number of fused-ring (bicyclic) bond motifs is 2. The van der Waals surface area contributed by atoms with E-state index >= 15 is 0 Å². The van der Waals surface area contributed by atoms with Gasteiger partial charge in [-0.05, 0) is 42.8 Å². The first-order valence-electron chi connectivity index (χ1n) is 10.3. The minimum absolute atomic E-state index is 0.211. The molecule has 162 valence electrons. The number of imide groups is 1. The second-order valence-electron chi connectivity index (χ2n) is 7.99. The molecule has 2 saturated heterocycles. The Kier molecular flexibility index (Phi) is 4.81. The van der Waals surface area contributed by atoms with Crippen LogP contribution in [0.4, 0.5) is 4.79 Å². The highest BCUT2D eigenvalue weighted by Gasteiger charge is 2.54. The third-order valence-corrected chi connectivity index (χ3v) is 7.26. The lowest BCUT2D eigenvalue weighted by Gasteiger charge is -2.35. The van der Waals surface area contributed by atoms with E-state index < -0.39 is 11.6 Å². The summed E-state index contributed by atoms with van der Waals surface area (Å²) >= 11 is 1.59. The number of hydrogen-bond donors (Lipinski definition) is 1. The number of aryl methyl sites for hydroxylation is 1. The lowest BCUT2D eigenvalue weighted by atomic mass is 9.80. The van der Waals surface area contributed by atoms with Gasteiger partial charge in [0.05, 0.1) is 6.26 Å². The molecule has 1 spiro atoms. The first kappa shape index (κ1) is 19.8. The predicted molar refractivity (Wildman–Crippen MR) is 110 cm³/mol. The summed E-state index contributed by atoms with van der Waals surface area (Å²) < 4.78 is 5.15. The van der Waals surface area contributed by atoms with Crippen LogP contribution in [0, 0.1) is 0 Å². The topological polar surface area (TPSA) is 103 Å². The van der Waals surface area contributed by atoms with E-state index in [2.05, 4.69) is 5.32 Å². The summed E-state index contributed by atoms with van der Waals surface area (Å²) in [4.78, 5) is 56.5. The lowest BCUT2D eigenvalue weighted by Crippen LogP contribution is -2.53. The van der Waals surface area contributed by atoms with E-state index in [0.29, 0.717) is 32.6 Å². The normalized spacial score (nSPS) is 23.3. The van der Waals surface area contributed by atoms with Crippen molar-refractivity contribution < 1.29 is 23.6 Å². The molecule has 1 unspecified atom stereocenters. The minimum Gasteiger partial charge on any atom is -0.459 e. The van der Waals surface area contributed by atoms with Crippen molar-refractivity contribution in [3.05, 3.63) is 46.0 Å². The molecule has 2 aliphatic heterocycles. The van der Waals surface area contributed by atoms with Crippen LogP contribution in [0.1, 0.15) is 33.8 Å². The van der Waals surface area contributed by atoms with Crippen molar-refractivity contribution in [1.29, 1.82) is 0 Å². The molecule has 2 fully saturated rings. The molecule has 1 N–H and O–H groups in total. The Morgan fingerprint density at radius 2 is 1.90 bits per heavy atom. The summed E-state index contributed by atoms with van der Waals surface area (Å²) in [5.41, 5.74) is -0.179. The summed E-state index contributed by atoms with van der Waals surface area (Å²) in [6.07, 6.45) is 3.70. The highest BCUT2D eigenvalue weighted by Crippen LogP contribution is 2.42. The average molecular weight is 442 g/mol. The molecule has 2 aromatic heterocycles. The van der Waals surface area contributed by atoms with Gasteiger partial charge < -0.3 is 19.5 Å². The van der Waals surface area contributed by atoms with Gasteiger partial charge in [0.2, 0.25) is 5.91 Å². The van der Waals surface area contributed by atoms with Gasteiger partial charge in [-0.15, -0.1) is 11.3 Å². The molecule has 10 heteroatoms. The molecule has 1 aliphatic carbocycles. The first-order chi connectivity index (χ1) is 15.0. The largest absolute Gasteiger partial charge is 0.459 e. The first-order valence-corrected chi connectivity index (χ1v) is 11.2. The number of piperazine rings is 1. The van der Waals surface area contributed by atoms with E-state index in [4.69, 9.17) is 4.42 Å². The number of carbonyl (C=O) groups is 4. The van der Waals surface area contributed by atoms with Gasteiger partial charge in [-0.25, -0.2) is 4.79 Å². The molecule has 4 heterocycles. The van der Waals surface area contributed by atoms with Crippen LogP contribution in [0.3, 0.4) is 0 Å². The third kappa shape index (κ3) is 3.21. The van der Waals surface area contributed by atoms with Gasteiger partial charge in [0.1, 0.15) is 12.1 Å². The number of urea groups is 1. The van der Waals surface area contributed by atoms with Gasteiger partial charge in [0.25, 0.3) is 11.8 Å². The second-order valence-corrected chi connectivity index (χ2v) is 8.99. The number of amides is 5. The number of rotatable bonds is 3. The van der Waals surface area contributed by atoms with E-state index in [-0.39, 0.29) is 30.0 Å². The van der Waals surface area contributed by atoms with Crippen LogP contribution < -0.4 is 5.32 Å². The molecule has 0 aromatic carbocycles. The fraction of sp³-hybridized carbons (Fsp3) is 0.429. The van der Waals surface area contributed by atoms with Crippen LogP contribution in [0.25, 0.3) is 0 Å². The monoisotopic (exact) mass is 442 g/mol. The molecular weight excluding hydrogens is 420 g/mol. The number of nitrogens with zero attached hydrogens (tertiary/aromatic N) is 3. The van der Waals surface area contributed by atoms with Gasteiger partial charge in [-0.1, -0.05) is 0 Å². The molecule has 31 heavy (non-hydrogen) atoms. The Hall–Kier alpha value is -3.14. The fourth-order valence-corrected chi connectivity index (χ4v) is 5.64. The number of nitrogens with one attached hydrogen (secondary N) is 1. The molecule has 1 atom stereocenters. The molecule has 0 bridgehead atoms. The van der Waals surface area contributed by atoms with Crippen LogP contribution >= 0.6 is 11.3 Å². The van der Waals surface area contributed by atoms with E-state index in [1.165, 1.54) is 6.26 Å². The Morgan fingerprint density at radius 1 is 1.13 bits per heavy atom. The van der Waals surface area contributed by atoms with Crippen LogP contribution in [0.15, 0.2) is 34.3 Å². The summed E-state index contributed by atoms with van der Waals surface area (Å²) in [5.74, 6) is -0.592. The molecule has 0 radical (unpaired) electrons. The van der Waals surface area contributed by atoms with Crippen LogP contribution in [-0.2, 0) is 21.5 Å². The maximum atomic E-state index is 13.3. The summed E-state index contributed by atoms with van der Waals surface area (Å²) in [7, 11) is 0. The van der Waals surface area contributed by atoms with E-state index in [1.54, 1.807) is 33.3 Å². The quantitative estimate of drug-likeness (QED) is 0.724. The summed E-state index contributed by atoms with van der Waals surface area (Å²) in [6.45, 7) is 1.13. The Bertz CT molecular complexity index is 1040. The zero-order valence-electron chi connectivity index (χ0n) is 16.8. The predicted octanol–water partition coefficient (Wildman–Crippen LogP) is 1.41. The number of thiophene rings is 1.